The molecule has 178 valence electrons. The van der Waals surface area contributed by atoms with Crippen LogP contribution in [-0.2, 0) is 23.3 Å². The second kappa shape index (κ2) is 8.96. The van der Waals surface area contributed by atoms with Crippen LogP contribution in [-0.4, -0.2) is 38.1 Å². The molecule has 1 aliphatic carbocycles. The van der Waals surface area contributed by atoms with Gasteiger partial charge >= 0.3 is 0 Å². The molecular formula is C27H38N4O2. The number of nitrogens with one attached hydrogen (secondary N) is 1. The van der Waals surface area contributed by atoms with Crippen LogP contribution in [0.4, 0.5) is 0 Å². The standard InChI is InChI=1S/C27H38N4O2/c1-19-12-14-20(15-13-19)17-30-24(32)22-16-23(26(2,3)4)29-31(22)18-27(30,5)25(33)28-21-10-8-6-7-9-11-21/h12-16,21H,6-11,17-18H2,1-5H3,(H,28,33)/t27-/m0/s1. The first-order chi connectivity index (χ1) is 15.6. The molecule has 2 amide bonds. The maximum atomic E-state index is 13.8. The van der Waals surface area contributed by atoms with Crippen molar-refractivity contribution in [3.05, 3.63) is 52.8 Å². The van der Waals surface area contributed by atoms with Crippen LogP contribution in [0.1, 0.15) is 93.5 Å². The van der Waals surface area contributed by atoms with Gasteiger partial charge in [0.05, 0.1) is 12.2 Å². The van der Waals surface area contributed by atoms with Crippen molar-refractivity contribution in [1.82, 2.24) is 20.0 Å². The molecule has 2 aliphatic rings. The number of hydrogen-bond acceptors (Lipinski definition) is 3. The van der Waals surface area contributed by atoms with Gasteiger partial charge in [-0.05, 0) is 38.3 Å². The highest BCUT2D eigenvalue weighted by Crippen LogP contribution is 2.32. The number of hydrogen-bond donors (Lipinski definition) is 1. The van der Waals surface area contributed by atoms with E-state index < -0.39 is 5.54 Å². The van der Waals surface area contributed by atoms with E-state index in [1.165, 1.54) is 18.4 Å². The summed E-state index contributed by atoms with van der Waals surface area (Å²) in [6.45, 7) is 11.0. The third kappa shape index (κ3) is 4.85. The lowest BCUT2D eigenvalue weighted by atomic mass is 9.91. The topological polar surface area (TPSA) is 67.2 Å². The highest BCUT2D eigenvalue weighted by molar-refractivity contribution is 5.99. The number of rotatable bonds is 4. The predicted octanol–water partition coefficient (Wildman–Crippen LogP) is 4.74. The molecule has 1 aliphatic heterocycles. The van der Waals surface area contributed by atoms with Gasteiger partial charge < -0.3 is 10.2 Å². The number of aromatic nitrogens is 2. The lowest BCUT2D eigenvalue weighted by molar-refractivity contribution is -0.134. The molecule has 1 fully saturated rings. The van der Waals surface area contributed by atoms with Gasteiger partial charge in [0.15, 0.2) is 0 Å². The van der Waals surface area contributed by atoms with Crippen molar-refractivity contribution in [2.45, 2.75) is 103 Å². The van der Waals surface area contributed by atoms with Gasteiger partial charge in [-0.2, -0.15) is 5.10 Å². The summed E-state index contributed by atoms with van der Waals surface area (Å²) in [6.07, 6.45) is 6.77. The smallest absolute Gasteiger partial charge is 0.273 e. The van der Waals surface area contributed by atoms with Crippen LogP contribution < -0.4 is 5.32 Å². The number of nitrogens with zero attached hydrogens (tertiary/aromatic N) is 3. The summed E-state index contributed by atoms with van der Waals surface area (Å²) in [5, 5.41) is 8.06. The molecule has 1 N–H and O–H groups in total. The Kier molecular flexibility index (Phi) is 6.39. The average Bonchev–Trinajstić information content (AvgIpc) is 3.02. The highest BCUT2D eigenvalue weighted by atomic mass is 16.2. The predicted molar refractivity (Wildman–Crippen MR) is 130 cm³/mol. The Hall–Kier alpha value is -2.63. The number of benzene rings is 1. The van der Waals surface area contributed by atoms with Crippen LogP contribution in [0, 0.1) is 6.92 Å². The van der Waals surface area contributed by atoms with E-state index >= 15 is 0 Å². The molecular weight excluding hydrogens is 412 g/mol. The van der Waals surface area contributed by atoms with Crippen molar-refractivity contribution >= 4 is 11.8 Å². The van der Waals surface area contributed by atoms with Gasteiger partial charge in [-0.1, -0.05) is 76.3 Å². The van der Waals surface area contributed by atoms with E-state index in [0.29, 0.717) is 18.8 Å². The largest absolute Gasteiger partial charge is 0.351 e. The Bertz CT molecular complexity index is 1010. The number of fused-ring (bicyclic) bond motifs is 1. The number of amides is 2. The summed E-state index contributed by atoms with van der Waals surface area (Å²) >= 11 is 0. The number of carbonyl (C=O) groups excluding carboxylic acids is 2. The zero-order valence-electron chi connectivity index (χ0n) is 20.8. The maximum absolute atomic E-state index is 13.8. The quantitative estimate of drug-likeness (QED) is 0.684. The molecule has 1 saturated carbocycles. The van der Waals surface area contributed by atoms with Crippen molar-refractivity contribution in [3.63, 3.8) is 0 Å². The van der Waals surface area contributed by atoms with Gasteiger partial charge in [0.2, 0.25) is 5.91 Å². The van der Waals surface area contributed by atoms with E-state index in [9.17, 15) is 9.59 Å². The molecule has 2 heterocycles. The van der Waals surface area contributed by atoms with Crippen molar-refractivity contribution in [2.24, 2.45) is 0 Å². The Labute approximate surface area is 197 Å². The normalized spacial score (nSPS) is 22.1. The zero-order chi connectivity index (χ0) is 23.8. The first kappa shape index (κ1) is 23.5. The number of carbonyl (C=O) groups is 2. The van der Waals surface area contributed by atoms with E-state index in [-0.39, 0.29) is 23.3 Å². The first-order valence-corrected chi connectivity index (χ1v) is 12.3. The first-order valence-electron chi connectivity index (χ1n) is 12.3. The molecule has 2 aromatic rings. The Morgan fingerprint density at radius 1 is 1.12 bits per heavy atom. The minimum absolute atomic E-state index is 0.0756. The fraction of sp³-hybridized carbons (Fsp3) is 0.593. The molecule has 1 aromatic heterocycles. The summed E-state index contributed by atoms with van der Waals surface area (Å²) < 4.78 is 1.75. The summed E-state index contributed by atoms with van der Waals surface area (Å²) in [6, 6.07) is 10.3. The monoisotopic (exact) mass is 450 g/mol. The minimum Gasteiger partial charge on any atom is -0.351 e. The van der Waals surface area contributed by atoms with Gasteiger partial charge in [-0.15, -0.1) is 0 Å². The van der Waals surface area contributed by atoms with E-state index in [4.69, 9.17) is 5.10 Å². The molecule has 0 radical (unpaired) electrons. The molecule has 4 rings (SSSR count). The molecule has 1 aromatic carbocycles. The van der Waals surface area contributed by atoms with Crippen molar-refractivity contribution in [2.75, 3.05) is 0 Å². The van der Waals surface area contributed by atoms with Gasteiger partial charge in [0.1, 0.15) is 11.2 Å². The van der Waals surface area contributed by atoms with E-state index in [2.05, 4.69) is 38.2 Å². The Morgan fingerprint density at radius 2 is 1.76 bits per heavy atom. The lowest BCUT2D eigenvalue weighted by Crippen LogP contribution is -2.64. The third-order valence-electron chi connectivity index (χ3n) is 7.21. The third-order valence-corrected chi connectivity index (χ3v) is 7.21. The summed E-state index contributed by atoms with van der Waals surface area (Å²) in [5.74, 6) is -0.211. The minimum atomic E-state index is -1.01. The Morgan fingerprint density at radius 3 is 2.36 bits per heavy atom. The second-order valence-corrected chi connectivity index (χ2v) is 11.1. The van der Waals surface area contributed by atoms with Gasteiger partial charge in [0.25, 0.3) is 5.91 Å². The second-order valence-electron chi connectivity index (χ2n) is 11.1. The van der Waals surface area contributed by atoms with Crippen molar-refractivity contribution < 1.29 is 9.59 Å². The molecule has 0 spiro atoms. The molecule has 0 unspecified atom stereocenters. The molecule has 1 atom stereocenters. The Balaban J connectivity index is 1.69. The van der Waals surface area contributed by atoms with Gasteiger partial charge in [0, 0.05) is 18.0 Å². The molecule has 0 bridgehead atoms. The zero-order valence-corrected chi connectivity index (χ0v) is 20.8. The lowest BCUT2D eigenvalue weighted by Gasteiger charge is -2.44. The molecule has 6 nitrogen and oxygen atoms in total. The van der Waals surface area contributed by atoms with Crippen LogP contribution >= 0.6 is 0 Å². The van der Waals surface area contributed by atoms with Crippen LogP contribution in [0.15, 0.2) is 30.3 Å². The van der Waals surface area contributed by atoms with E-state index in [1.807, 2.05) is 32.0 Å². The highest BCUT2D eigenvalue weighted by Gasteiger charge is 2.48. The van der Waals surface area contributed by atoms with Crippen molar-refractivity contribution in [3.8, 4) is 0 Å². The van der Waals surface area contributed by atoms with Crippen LogP contribution in [0.25, 0.3) is 0 Å². The van der Waals surface area contributed by atoms with Gasteiger partial charge in [-0.3, -0.25) is 14.3 Å². The fourth-order valence-corrected chi connectivity index (χ4v) is 4.90. The SMILES string of the molecule is Cc1ccc(CN2C(=O)c3cc(C(C)(C)C)nn3C[C@@]2(C)C(=O)NC2CCCCCC2)cc1. The summed E-state index contributed by atoms with van der Waals surface area (Å²) in [5.41, 5.74) is 2.44. The molecule has 6 heteroatoms. The van der Waals surface area contributed by atoms with Crippen LogP contribution in [0.5, 0.6) is 0 Å². The summed E-state index contributed by atoms with van der Waals surface area (Å²) in [4.78, 5) is 29.3. The van der Waals surface area contributed by atoms with Crippen molar-refractivity contribution in [1.29, 1.82) is 0 Å². The average molecular weight is 451 g/mol. The fourth-order valence-electron chi connectivity index (χ4n) is 4.90. The molecule has 0 saturated heterocycles. The van der Waals surface area contributed by atoms with Crippen LogP contribution in [0.2, 0.25) is 0 Å². The summed E-state index contributed by atoms with van der Waals surface area (Å²) in [7, 11) is 0. The number of aryl methyl sites for hydroxylation is 1. The van der Waals surface area contributed by atoms with Gasteiger partial charge in [-0.25, -0.2) is 0 Å². The molecule has 33 heavy (non-hydrogen) atoms. The van der Waals surface area contributed by atoms with Crippen LogP contribution in [0.3, 0.4) is 0 Å². The van der Waals surface area contributed by atoms with E-state index in [1.54, 1.807) is 9.58 Å². The van der Waals surface area contributed by atoms with E-state index in [0.717, 1.165) is 36.9 Å². The maximum Gasteiger partial charge on any atom is 0.273 e.